The number of aryl methyl sites for hydroxylation is 1. The van der Waals surface area contributed by atoms with Gasteiger partial charge in [-0.25, -0.2) is 0 Å². The second kappa shape index (κ2) is 10.6. The van der Waals surface area contributed by atoms with E-state index in [-0.39, 0.29) is 30.8 Å². The molecule has 4 rings (SSSR count). The van der Waals surface area contributed by atoms with Crippen LogP contribution < -0.4 is 5.32 Å². The highest BCUT2D eigenvalue weighted by atomic mass is 35.5. The van der Waals surface area contributed by atoms with Crippen molar-refractivity contribution in [2.24, 2.45) is 0 Å². The SMILES string of the molecule is CCCCN1C(=O)CNC(=O)C12CCN(Cc1c(C)nn(C3CCCCC3)c1C)CC2.Cl. The number of rotatable bonds is 6. The number of hydrogen-bond donors (Lipinski definition) is 1. The largest absolute Gasteiger partial charge is 0.345 e. The summed E-state index contributed by atoms with van der Waals surface area (Å²) in [4.78, 5) is 29.9. The average molecular weight is 466 g/mol. The monoisotopic (exact) mass is 465 g/mol. The quantitative estimate of drug-likeness (QED) is 0.697. The summed E-state index contributed by atoms with van der Waals surface area (Å²) < 4.78 is 2.29. The van der Waals surface area contributed by atoms with E-state index in [0.29, 0.717) is 25.4 Å². The molecule has 180 valence electrons. The highest BCUT2D eigenvalue weighted by Crippen LogP contribution is 2.34. The van der Waals surface area contributed by atoms with Crippen LogP contribution in [0.15, 0.2) is 0 Å². The second-order valence-corrected chi connectivity index (χ2v) is 9.78. The van der Waals surface area contributed by atoms with Crippen molar-refractivity contribution in [2.75, 3.05) is 26.2 Å². The number of piperazine rings is 1. The molecule has 2 saturated heterocycles. The number of amides is 2. The molecule has 1 aromatic rings. The first-order valence-electron chi connectivity index (χ1n) is 12.3. The molecule has 8 heteroatoms. The number of aromatic nitrogens is 2. The molecular weight excluding hydrogens is 426 g/mol. The zero-order valence-corrected chi connectivity index (χ0v) is 20.8. The van der Waals surface area contributed by atoms with Crippen LogP contribution in [0.2, 0.25) is 0 Å². The van der Waals surface area contributed by atoms with Crippen LogP contribution in [0.4, 0.5) is 0 Å². The molecule has 3 fully saturated rings. The predicted molar refractivity (Wildman–Crippen MR) is 128 cm³/mol. The smallest absolute Gasteiger partial charge is 0.246 e. The van der Waals surface area contributed by atoms with Gasteiger partial charge in [-0.05, 0) is 46.0 Å². The fourth-order valence-electron chi connectivity index (χ4n) is 5.84. The average Bonchev–Trinajstić information content (AvgIpc) is 3.07. The Morgan fingerprint density at radius 3 is 2.44 bits per heavy atom. The van der Waals surface area contributed by atoms with E-state index in [0.717, 1.165) is 38.2 Å². The summed E-state index contributed by atoms with van der Waals surface area (Å²) in [6.45, 7) is 9.85. The summed E-state index contributed by atoms with van der Waals surface area (Å²) >= 11 is 0. The second-order valence-electron chi connectivity index (χ2n) is 9.78. The number of unbranched alkanes of at least 4 members (excludes halogenated alkanes) is 1. The number of carbonyl (C=O) groups is 2. The number of carbonyl (C=O) groups excluding carboxylic acids is 2. The van der Waals surface area contributed by atoms with E-state index >= 15 is 0 Å². The fourth-order valence-corrected chi connectivity index (χ4v) is 5.84. The van der Waals surface area contributed by atoms with Crippen LogP contribution >= 0.6 is 12.4 Å². The lowest BCUT2D eigenvalue weighted by atomic mass is 9.82. The fraction of sp³-hybridized carbons (Fsp3) is 0.792. The van der Waals surface area contributed by atoms with Gasteiger partial charge in [-0.3, -0.25) is 19.2 Å². The van der Waals surface area contributed by atoms with Crippen molar-refractivity contribution in [1.82, 2.24) is 24.9 Å². The molecule has 1 saturated carbocycles. The van der Waals surface area contributed by atoms with Crippen molar-refractivity contribution in [1.29, 1.82) is 0 Å². The Morgan fingerprint density at radius 1 is 1.09 bits per heavy atom. The van der Waals surface area contributed by atoms with Crippen LogP contribution in [0.3, 0.4) is 0 Å². The Morgan fingerprint density at radius 2 is 1.78 bits per heavy atom. The first-order chi connectivity index (χ1) is 15.0. The number of hydrogen-bond acceptors (Lipinski definition) is 4. The molecule has 1 aliphatic carbocycles. The molecule has 32 heavy (non-hydrogen) atoms. The van der Waals surface area contributed by atoms with E-state index in [4.69, 9.17) is 5.10 Å². The summed E-state index contributed by atoms with van der Waals surface area (Å²) in [7, 11) is 0. The lowest BCUT2D eigenvalue weighted by Crippen LogP contribution is -2.70. The summed E-state index contributed by atoms with van der Waals surface area (Å²) in [5.41, 5.74) is 3.13. The normalized spacial score (nSPS) is 22.2. The van der Waals surface area contributed by atoms with Crippen molar-refractivity contribution < 1.29 is 9.59 Å². The number of likely N-dealkylation sites (tertiary alicyclic amines) is 1. The van der Waals surface area contributed by atoms with E-state index in [1.807, 2.05) is 4.90 Å². The van der Waals surface area contributed by atoms with E-state index in [9.17, 15) is 9.59 Å². The highest BCUT2D eigenvalue weighted by Gasteiger charge is 2.50. The van der Waals surface area contributed by atoms with Gasteiger partial charge >= 0.3 is 0 Å². The van der Waals surface area contributed by atoms with Crippen molar-refractivity contribution in [3.8, 4) is 0 Å². The van der Waals surface area contributed by atoms with Crippen LogP contribution in [0.1, 0.15) is 87.7 Å². The Balaban J connectivity index is 0.00000289. The molecule has 0 radical (unpaired) electrons. The maximum atomic E-state index is 12.9. The van der Waals surface area contributed by atoms with Gasteiger partial charge in [0.2, 0.25) is 11.8 Å². The Bertz CT molecular complexity index is 810. The Labute approximate surface area is 198 Å². The molecule has 0 atom stereocenters. The van der Waals surface area contributed by atoms with Gasteiger partial charge < -0.3 is 10.2 Å². The maximum absolute atomic E-state index is 12.9. The number of nitrogens with one attached hydrogen (secondary N) is 1. The minimum absolute atomic E-state index is 0. The van der Waals surface area contributed by atoms with Crippen molar-refractivity contribution in [3.05, 3.63) is 17.0 Å². The molecule has 3 heterocycles. The van der Waals surface area contributed by atoms with Gasteiger partial charge in [0.1, 0.15) is 5.54 Å². The van der Waals surface area contributed by atoms with Gasteiger partial charge in [0.15, 0.2) is 0 Å². The highest BCUT2D eigenvalue weighted by molar-refractivity contribution is 5.98. The third-order valence-corrected chi connectivity index (χ3v) is 7.84. The van der Waals surface area contributed by atoms with Gasteiger partial charge in [0, 0.05) is 37.4 Å². The summed E-state index contributed by atoms with van der Waals surface area (Å²) in [5, 5.41) is 7.78. The lowest BCUT2D eigenvalue weighted by Gasteiger charge is -2.50. The van der Waals surface area contributed by atoms with Crippen LogP contribution in [0, 0.1) is 13.8 Å². The summed E-state index contributed by atoms with van der Waals surface area (Å²) in [5.74, 6) is 0.113. The van der Waals surface area contributed by atoms with Gasteiger partial charge in [0.05, 0.1) is 18.3 Å². The van der Waals surface area contributed by atoms with Crippen molar-refractivity contribution in [2.45, 2.75) is 96.7 Å². The summed E-state index contributed by atoms with van der Waals surface area (Å²) in [6.07, 6.45) is 9.84. The molecule has 0 unspecified atom stereocenters. The minimum atomic E-state index is -0.655. The first kappa shape index (κ1) is 25.0. The third kappa shape index (κ3) is 4.69. The first-order valence-corrected chi connectivity index (χ1v) is 12.3. The van der Waals surface area contributed by atoms with Crippen molar-refractivity contribution in [3.63, 3.8) is 0 Å². The van der Waals surface area contributed by atoms with Gasteiger partial charge in [-0.2, -0.15) is 5.10 Å². The molecule has 7 nitrogen and oxygen atoms in total. The van der Waals surface area contributed by atoms with Crippen molar-refractivity contribution >= 4 is 24.2 Å². The van der Waals surface area contributed by atoms with Crippen LogP contribution in [0.5, 0.6) is 0 Å². The maximum Gasteiger partial charge on any atom is 0.246 e. The lowest BCUT2D eigenvalue weighted by molar-refractivity contribution is -0.157. The molecule has 1 spiro atoms. The topological polar surface area (TPSA) is 70.5 Å². The molecule has 1 N–H and O–H groups in total. The predicted octanol–water partition coefficient (Wildman–Crippen LogP) is 3.52. The molecular formula is C24H40ClN5O2. The Hall–Kier alpha value is -1.60. The number of nitrogens with zero attached hydrogens (tertiary/aromatic N) is 4. The zero-order chi connectivity index (χ0) is 22.0. The van der Waals surface area contributed by atoms with Crippen LogP contribution in [0.25, 0.3) is 0 Å². The van der Waals surface area contributed by atoms with E-state index in [2.05, 4.69) is 35.7 Å². The van der Waals surface area contributed by atoms with E-state index in [1.165, 1.54) is 43.4 Å². The molecule has 2 aliphatic heterocycles. The third-order valence-electron chi connectivity index (χ3n) is 7.84. The molecule has 3 aliphatic rings. The standard InChI is InChI=1S/C24H39N5O2.ClH/c1-4-5-13-28-22(30)16-25-23(31)24(28)11-14-27(15-12-24)17-21-18(2)26-29(19(21)3)20-9-7-6-8-10-20;/h20H,4-17H2,1-3H3,(H,25,31);1H. The van der Waals surface area contributed by atoms with Gasteiger partial charge in [-0.1, -0.05) is 32.6 Å². The molecule has 0 bridgehead atoms. The molecule has 1 aromatic heterocycles. The molecule has 0 aromatic carbocycles. The zero-order valence-electron chi connectivity index (χ0n) is 20.0. The van der Waals surface area contributed by atoms with Crippen LogP contribution in [-0.2, 0) is 16.1 Å². The minimum Gasteiger partial charge on any atom is -0.345 e. The van der Waals surface area contributed by atoms with Gasteiger partial charge in [-0.15, -0.1) is 12.4 Å². The van der Waals surface area contributed by atoms with Gasteiger partial charge in [0.25, 0.3) is 0 Å². The summed E-state index contributed by atoms with van der Waals surface area (Å²) in [6, 6.07) is 0.551. The number of piperidine rings is 1. The van der Waals surface area contributed by atoms with E-state index in [1.54, 1.807) is 0 Å². The van der Waals surface area contributed by atoms with E-state index < -0.39 is 5.54 Å². The Kier molecular flexibility index (Phi) is 8.26. The van der Waals surface area contributed by atoms with Crippen LogP contribution in [-0.4, -0.2) is 63.1 Å². The molecule has 2 amide bonds. The number of halogens is 1.